The second-order valence-electron chi connectivity index (χ2n) is 2.16. The van der Waals surface area contributed by atoms with Gasteiger partial charge in [-0.25, -0.2) is 0 Å². The van der Waals surface area contributed by atoms with E-state index in [1.807, 2.05) is 12.1 Å². The largest absolute Gasteiger partial charge is 0.158 e. The molecular weight excluding hydrogens is 319 g/mol. The van der Waals surface area contributed by atoms with Crippen molar-refractivity contribution in [2.45, 2.75) is 0 Å². The van der Waals surface area contributed by atoms with Crippen LogP contribution in [0, 0.1) is 3.57 Å². The molecule has 0 saturated heterocycles. The summed E-state index contributed by atoms with van der Waals surface area (Å²) < 4.78 is 2.23. The summed E-state index contributed by atoms with van der Waals surface area (Å²) >= 11 is 5.70. The van der Waals surface area contributed by atoms with Crippen molar-refractivity contribution in [2.75, 3.05) is 0 Å². The van der Waals surface area contributed by atoms with Crippen molar-refractivity contribution < 1.29 is 0 Å². The van der Waals surface area contributed by atoms with Gasteiger partial charge < -0.3 is 0 Å². The van der Waals surface area contributed by atoms with Gasteiger partial charge in [0.05, 0.1) is 11.9 Å². The molecule has 1 aliphatic rings. The number of halogens is 2. The van der Waals surface area contributed by atoms with Gasteiger partial charge in [0.2, 0.25) is 0 Å². The third-order valence-electron chi connectivity index (χ3n) is 1.42. The van der Waals surface area contributed by atoms with Crippen LogP contribution in [0.1, 0.15) is 5.56 Å². The Hall–Kier alpha value is -0.100. The van der Waals surface area contributed by atoms with Crippen LogP contribution in [0.5, 0.6) is 0 Å². The molecule has 0 atom stereocenters. The second kappa shape index (κ2) is 2.75. The second-order valence-corrected chi connectivity index (χ2v) is 4.26. The topological polar surface area (TPSA) is 26.5 Å². The standard InChI is InChI=1S/C7H3BrIN2/c8-6-1-4(9)2-7-5(6)3-10-11-7/h1-3H. The lowest BCUT2D eigenvalue weighted by Gasteiger charge is -1.98. The fourth-order valence-corrected chi connectivity index (χ4v) is 2.52. The molecule has 1 aromatic carbocycles. The lowest BCUT2D eigenvalue weighted by Crippen LogP contribution is -1.85. The van der Waals surface area contributed by atoms with Crippen molar-refractivity contribution in [3.8, 4) is 0 Å². The molecule has 1 aromatic rings. The fourth-order valence-electron chi connectivity index (χ4n) is 0.931. The Morgan fingerprint density at radius 3 is 3.00 bits per heavy atom. The first kappa shape index (κ1) is 7.54. The predicted molar refractivity (Wildman–Crippen MR) is 56.2 cm³/mol. The predicted octanol–water partition coefficient (Wildman–Crippen LogP) is 2.64. The molecule has 0 unspecified atom stereocenters. The average Bonchev–Trinajstić information content (AvgIpc) is 2.34. The Morgan fingerprint density at radius 1 is 1.36 bits per heavy atom. The summed E-state index contributed by atoms with van der Waals surface area (Å²) in [6.45, 7) is 0. The van der Waals surface area contributed by atoms with Crippen LogP contribution in [0.3, 0.4) is 0 Å². The smallest absolute Gasteiger partial charge is 0.0967 e. The SMILES string of the molecule is Brc1cc(I)cc2c1C=N[N]2. The van der Waals surface area contributed by atoms with Crippen LogP contribution in [-0.2, 0) is 0 Å². The Balaban J connectivity index is 2.67. The summed E-state index contributed by atoms with van der Waals surface area (Å²) in [4.78, 5) is 0. The highest BCUT2D eigenvalue weighted by Crippen LogP contribution is 2.29. The first-order valence-electron chi connectivity index (χ1n) is 3.00. The molecule has 0 aliphatic carbocycles. The normalized spacial score (nSPS) is 12.9. The minimum absolute atomic E-state index is 0.948. The molecule has 0 fully saturated rings. The van der Waals surface area contributed by atoms with Crippen LogP contribution in [0.15, 0.2) is 21.7 Å². The van der Waals surface area contributed by atoms with Gasteiger partial charge in [-0.2, -0.15) is 10.5 Å². The minimum Gasteiger partial charge on any atom is -0.158 e. The molecule has 0 spiro atoms. The van der Waals surface area contributed by atoms with E-state index in [0.717, 1.165) is 15.7 Å². The van der Waals surface area contributed by atoms with E-state index < -0.39 is 0 Å². The highest BCUT2D eigenvalue weighted by atomic mass is 127. The summed E-state index contributed by atoms with van der Waals surface area (Å²) in [7, 11) is 0. The molecule has 1 heterocycles. The minimum atomic E-state index is 0.948. The first-order valence-corrected chi connectivity index (χ1v) is 4.87. The van der Waals surface area contributed by atoms with Gasteiger partial charge in [-0.1, -0.05) is 15.9 Å². The third kappa shape index (κ3) is 1.29. The van der Waals surface area contributed by atoms with Crippen LogP contribution in [0.2, 0.25) is 0 Å². The molecule has 0 bridgehead atoms. The molecule has 1 aliphatic heterocycles. The van der Waals surface area contributed by atoms with E-state index in [-0.39, 0.29) is 0 Å². The van der Waals surface area contributed by atoms with Gasteiger partial charge in [0.15, 0.2) is 0 Å². The zero-order valence-electron chi connectivity index (χ0n) is 5.38. The Labute approximate surface area is 86.3 Å². The number of rotatable bonds is 0. The van der Waals surface area contributed by atoms with Gasteiger partial charge in [-0.05, 0) is 34.7 Å². The molecule has 55 valence electrons. The van der Waals surface area contributed by atoms with Crippen molar-refractivity contribution in [2.24, 2.45) is 5.10 Å². The van der Waals surface area contributed by atoms with Crippen molar-refractivity contribution in [3.63, 3.8) is 0 Å². The molecule has 2 nitrogen and oxygen atoms in total. The third-order valence-corrected chi connectivity index (χ3v) is 2.70. The van der Waals surface area contributed by atoms with Crippen LogP contribution in [0.25, 0.3) is 0 Å². The molecule has 0 N–H and O–H groups in total. The van der Waals surface area contributed by atoms with Crippen molar-refractivity contribution in [3.05, 3.63) is 25.7 Å². The van der Waals surface area contributed by atoms with E-state index in [4.69, 9.17) is 0 Å². The average molecular weight is 322 g/mol. The lowest BCUT2D eigenvalue weighted by molar-refractivity contribution is 0.990. The zero-order valence-corrected chi connectivity index (χ0v) is 9.13. The van der Waals surface area contributed by atoms with Crippen molar-refractivity contribution >= 4 is 50.4 Å². The van der Waals surface area contributed by atoms with Gasteiger partial charge >= 0.3 is 0 Å². The zero-order chi connectivity index (χ0) is 7.84. The molecule has 4 heteroatoms. The molecule has 2 rings (SSSR count). The number of hydrogen-bond donors (Lipinski definition) is 0. The summed E-state index contributed by atoms with van der Waals surface area (Å²) in [5.74, 6) is 0. The summed E-state index contributed by atoms with van der Waals surface area (Å²) in [5, 5.41) is 3.82. The molecule has 11 heavy (non-hydrogen) atoms. The van der Waals surface area contributed by atoms with Gasteiger partial charge in [0.25, 0.3) is 0 Å². The van der Waals surface area contributed by atoms with Crippen LogP contribution < -0.4 is 5.43 Å². The van der Waals surface area contributed by atoms with E-state index >= 15 is 0 Å². The maximum Gasteiger partial charge on any atom is 0.0967 e. The van der Waals surface area contributed by atoms with Gasteiger partial charge in [0, 0.05) is 13.6 Å². The number of fused-ring (bicyclic) bond motifs is 1. The number of hydrogen-bond acceptors (Lipinski definition) is 1. The van der Waals surface area contributed by atoms with E-state index in [1.54, 1.807) is 6.21 Å². The van der Waals surface area contributed by atoms with Gasteiger partial charge in [-0.15, -0.1) is 0 Å². The molecular formula is C7H3BrIN2. The Bertz CT molecular complexity index is 335. The Kier molecular flexibility index (Phi) is 1.88. The molecule has 0 saturated carbocycles. The Morgan fingerprint density at radius 2 is 2.18 bits per heavy atom. The molecule has 0 aromatic heterocycles. The fraction of sp³-hybridized carbons (Fsp3) is 0. The monoisotopic (exact) mass is 321 g/mol. The number of nitrogens with zero attached hydrogens (tertiary/aromatic N) is 2. The van der Waals surface area contributed by atoms with Crippen LogP contribution in [0.4, 0.5) is 5.69 Å². The summed E-state index contributed by atoms with van der Waals surface area (Å²) in [5.41, 5.74) is 5.98. The highest BCUT2D eigenvalue weighted by molar-refractivity contribution is 14.1. The summed E-state index contributed by atoms with van der Waals surface area (Å²) in [6.07, 6.45) is 1.76. The molecule has 1 radical (unpaired) electrons. The van der Waals surface area contributed by atoms with E-state index in [9.17, 15) is 0 Å². The van der Waals surface area contributed by atoms with Crippen LogP contribution >= 0.6 is 38.5 Å². The van der Waals surface area contributed by atoms with E-state index in [0.29, 0.717) is 0 Å². The van der Waals surface area contributed by atoms with E-state index in [2.05, 4.69) is 49.0 Å². The van der Waals surface area contributed by atoms with Crippen LogP contribution in [-0.4, -0.2) is 6.21 Å². The maximum absolute atomic E-state index is 3.96. The summed E-state index contributed by atoms with van der Waals surface area (Å²) in [6, 6.07) is 4.06. The quantitative estimate of drug-likeness (QED) is 0.657. The van der Waals surface area contributed by atoms with Gasteiger partial charge in [0.1, 0.15) is 0 Å². The molecule has 0 amide bonds. The number of benzene rings is 1. The first-order chi connectivity index (χ1) is 5.27. The maximum atomic E-state index is 3.96. The van der Waals surface area contributed by atoms with Crippen molar-refractivity contribution in [1.82, 2.24) is 5.43 Å². The van der Waals surface area contributed by atoms with Crippen molar-refractivity contribution in [1.29, 1.82) is 0 Å². The lowest BCUT2D eigenvalue weighted by atomic mass is 10.2. The van der Waals surface area contributed by atoms with Gasteiger partial charge in [-0.3, -0.25) is 0 Å². The highest BCUT2D eigenvalue weighted by Gasteiger charge is 2.11. The van der Waals surface area contributed by atoms with E-state index in [1.165, 1.54) is 3.57 Å².